The van der Waals surface area contributed by atoms with Crippen molar-refractivity contribution in [2.24, 2.45) is 0 Å². The molecule has 0 unspecified atom stereocenters. The van der Waals surface area contributed by atoms with E-state index in [2.05, 4.69) is 10.3 Å². The molecule has 0 saturated heterocycles. The summed E-state index contributed by atoms with van der Waals surface area (Å²) in [6.45, 7) is 0.644. The number of para-hydroxylation sites is 2. The minimum atomic E-state index is 0.544. The molecule has 0 aliphatic rings. The van der Waals surface area contributed by atoms with Gasteiger partial charge in [-0.3, -0.25) is 0 Å². The monoisotopic (exact) mass is 350 g/mol. The predicted molar refractivity (Wildman–Crippen MR) is 92.4 cm³/mol. The molecule has 6 heteroatoms. The Morgan fingerprint density at radius 1 is 1.05 bits per heavy atom. The third-order valence-electron chi connectivity index (χ3n) is 2.91. The zero-order valence-electron chi connectivity index (χ0n) is 11.4. The predicted octanol–water partition coefficient (Wildman–Crippen LogP) is 5.85. The van der Waals surface area contributed by atoms with E-state index in [1.807, 2.05) is 36.4 Å². The van der Waals surface area contributed by atoms with Gasteiger partial charge in [-0.25, -0.2) is 4.98 Å². The van der Waals surface area contributed by atoms with Crippen LogP contribution in [0, 0.1) is 0 Å². The first-order valence-electron chi connectivity index (χ1n) is 6.57. The number of hydrogen-bond donors (Lipinski definition) is 1. The minimum Gasteiger partial charge on any atom is -0.455 e. The second-order valence-electron chi connectivity index (χ2n) is 4.49. The van der Waals surface area contributed by atoms with Gasteiger partial charge in [0, 0.05) is 16.1 Å². The molecule has 3 rings (SSSR count). The van der Waals surface area contributed by atoms with Crippen molar-refractivity contribution >= 4 is 40.2 Å². The summed E-state index contributed by atoms with van der Waals surface area (Å²) in [6, 6.07) is 15.0. The maximum Gasteiger partial charge on any atom is 0.183 e. The van der Waals surface area contributed by atoms with Gasteiger partial charge in [0.2, 0.25) is 0 Å². The first kappa shape index (κ1) is 15.2. The minimum absolute atomic E-state index is 0.544. The molecular formula is C16H12Cl2N2OS. The Balaban J connectivity index is 1.73. The largest absolute Gasteiger partial charge is 0.455 e. The van der Waals surface area contributed by atoms with E-state index in [0.29, 0.717) is 16.0 Å². The molecule has 0 aliphatic carbocycles. The molecule has 3 nitrogen and oxygen atoms in total. The molecular weight excluding hydrogens is 339 g/mol. The van der Waals surface area contributed by atoms with Gasteiger partial charge in [0.25, 0.3) is 0 Å². The van der Waals surface area contributed by atoms with E-state index in [-0.39, 0.29) is 0 Å². The summed E-state index contributed by atoms with van der Waals surface area (Å²) in [4.78, 5) is 5.09. The lowest BCUT2D eigenvalue weighted by Gasteiger charge is -2.12. The van der Waals surface area contributed by atoms with E-state index in [9.17, 15) is 0 Å². The fraction of sp³-hybridized carbons (Fsp3) is 0.0625. The molecule has 1 aromatic heterocycles. The Labute approximate surface area is 142 Å². The number of nitrogens with zero attached hydrogens (tertiary/aromatic N) is 1. The molecule has 0 aliphatic heterocycles. The van der Waals surface area contributed by atoms with E-state index >= 15 is 0 Å². The number of halogens is 2. The maximum atomic E-state index is 5.90. The van der Waals surface area contributed by atoms with Crippen molar-refractivity contribution in [3.63, 3.8) is 0 Å². The molecule has 0 amide bonds. The molecule has 2 aromatic carbocycles. The zero-order valence-corrected chi connectivity index (χ0v) is 13.8. The lowest BCUT2D eigenvalue weighted by atomic mass is 10.3. The summed E-state index contributed by atoms with van der Waals surface area (Å²) in [7, 11) is 0. The molecule has 112 valence electrons. The number of thiazole rings is 1. The lowest BCUT2D eigenvalue weighted by Crippen LogP contribution is -1.99. The first-order chi connectivity index (χ1) is 10.7. The molecule has 0 fully saturated rings. The number of anilines is 1. The van der Waals surface area contributed by atoms with Gasteiger partial charge >= 0.3 is 0 Å². The molecule has 1 heterocycles. The highest BCUT2D eigenvalue weighted by atomic mass is 35.5. The molecule has 1 N–H and O–H groups in total. The van der Waals surface area contributed by atoms with Crippen LogP contribution in [-0.4, -0.2) is 4.98 Å². The van der Waals surface area contributed by atoms with Crippen molar-refractivity contribution in [3.05, 3.63) is 69.1 Å². The average Bonchev–Trinajstić information content (AvgIpc) is 2.94. The Hall–Kier alpha value is -1.75. The van der Waals surface area contributed by atoms with Crippen molar-refractivity contribution in [3.8, 4) is 11.5 Å². The summed E-state index contributed by atoms with van der Waals surface area (Å²) >= 11 is 13.2. The Bertz CT molecular complexity index is 759. The van der Waals surface area contributed by atoms with Crippen LogP contribution in [-0.2, 0) is 6.54 Å². The standard InChI is InChI=1S/C16H12Cl2N2OS/c17-11-5-7-12(8-6-11)21-15-4-2-1-3-14(15)19-9-13-10-20-16(18)22-13/h1-8,10,19H,9H2. The smallest absolute Gasteiger partial charge is 0.183 e. The van der Waals surface area contributed by atoms with Gasteiger partial charge in [-0.2, -0.15) is 0 Å². The third kappa shape index (κ3) is 3.91. The fourth-order valence-corrected chi connectivity index (χ4v) is 2.92. The third-order valence-corrected chi connectivity index (χ3v) is 4.27. The zero-order chi connectivity index (χ0) is 15.4. The quantitative estimate of drug-likeness (QED) is 0.626. The molecule has 0 bridgehead atoms. The highest BCUT2D eigenvalue weighted by Crippen LogP contribution is 2.30. The van der Waals surface area contributed by atoms with E-state index in [1.165, 1.54) is 11.3 Å². The van der Waals surface area contributed by atoms with Crippen molar-refractivity contribution in [2.45, 2.75) is 6.54 Å². The van der Waals surface area contributed by atoms with E-state index in [1.54, 1.807) is 18.3 Å². The van der Waals surface area contributed by atoms with Crippen LogP contribution in [0.25, 0.3) is 0 Å². The summed E-state index contributed by atoms with van der Waals surface area (Å²) < 4.78 is 6.44. The van der Waals surface area contributed by atoms with E-state index in [0.717, 1.165) is 22.1 Å². The molecule has 0 atom stereocenters. The van der Waals surface area contributed by atoms with Crippen molar-refractivity contribution in [1.82, 2.24) is 4.98 Å². The van der Waals surface area contributed by atoms with Crippen molar-refractivity contribution in [2.75, 3.05) is 5.32 Å². The molecule has 0 saturated carbocycles. The van der Waals surface area contributed by atoms with Gasteiger partial charge in [-0.15, -0.1) is 11.3 Å². The van der Waals surface area contributed by atoms with Crippen molar-refractivity contribution in [1.29, 1.82) is 0 Å². The highest BCUT2D eigenvalue weighted by Gasteiger charge is 2.06. The van der Waals surface area contributed by atoms with E-state index < -0.39 is 0 Å². The molecule has 22 heavy (non-hydrogen) atoms. The van der Waals surface area contributed by atoms with Crippen LogP contribution in [0.15, 0.2) is 54.7 Å². The number of rotatable bonds is 5. The van der Waals surface area contributed by atoms with Crippen LogP contribution in [0.5, 0.6) is 11.5 Å². The number of aromatic nitrogens is 1. The summed E-state index contributed by atoms with van der Waals surface area (Å²) in [5.74, 6) is 1.49. The van der Waals surface area contributed by atoms with Crippen LogP contribution in [0.4, 0.5) is 5.69 Å². The summed E-state index contributed by atoms with van der Waals surface area (Å²) in [6.07, 6.45) is 1.77. The van der Waals surface area contributed by atoms with Gasteiger partial charge in [0.1, 0.15) is 5.75 Å². The van der Waals surface area contributed by atoms with Gasteiger partial charge < -0.3 is 10.1 Å². The summed E-state index contributed by atoms with van der Waals surface area (Å²) in [5, 5.41) is 4.02. The number of ether oxygens (including phenoxy) is 1. The number of benzene rings is 2. The van der Waals surface area contributed by atoms with Crippen LogP contribution in [0.2, 0.25) is 9.49 Å². The van der Waals surface area contributed by atoms with Crippen LogP contribution in [0.1, 0.15) is 4.88 Å². The van der Waals surface area contributed by atoms with Gasteiger partial charge in [-0.1, -0.05) is 35.3 Å². The molecule has 0 spiro atoms. The second kappa shape index (κ2) is 7.01. The number of nitrogens with one attached hydrogen (secondary N) is 1. The SMILES string of the molecule is Clc1ccc(Oc2ccccc2NCc2cnc(Cl)s2)cc1. The summed E-state index contributed by atoms with van der Waals surface area (Å²) in [5.41, 5.74) is 0.905. The first-order valence-corrected chi connectivity index (χ1v) is 8.14. The second-order valence-corrected chi connectivity index (χ2v) is 6.62. The van der Waals surface area contributed by atoms with Crippen LogP contribution in [0.3, 0.4) is 0 Å². The molecule has 0 radical (unpaired) electrons. The Morgan fingerprint density at radius 3 is 2.55 bits per heavy atom. The van der Waals surface area contributed by atoms with Crippen molar-refractivity contribution < 1.29 is 4.74 Å². The van der Waals surface area contributed by atoms with E-state index in [4.69, 9.17) is 27.9 Å². The molecule has 3 aromatic rings. The average molecular weight is 351 g/mol. The topological polar surface area (TPSA) is 34.1 Å². The maximum absolute atomic E-state index is 5.90. The normalized spacial score (nSPS) is 10.5. The highest BCUT2D eigenvalue weighted by molar-refractivity contribution is 7.15. The van der Waals surface area contributed by atoms with Crippen LogP contribution >= 0.6 is 34.5 Å². The Morgan fingerprint density at radius 2 is 1.82 bits per heavy atom. The fourth-order valence-electron chi connectivity index (χ4n) is 1.88. The van der Waals surface area contributed by atoms with Crippen LogP contribution < -0.4 is 10.1 Å². The van der Waals surface area contributed by atoms with Gasteiger partial charge in [-0.05, 0) is 36.4 Å². The number of hydrogen-bond acceptors (Lipinski definition) is 4. The lowest BCUT2D eigenvalue weighted by molar-refractivity contribution is 0.484. The Kier molecular flexibility index (Phi) is 4.83. The van der Waals surface area contributed by atoms with Gasteiger partial charge in [0.15, 0.2) is 10.2 Å². The van der Waals surface area contributed by atoms with Gasteiger partial charge in [0.05, 0.1) is 12.2 Å².